The summed E-state index contributed by atoms with van der Waals surface area (Å²) in [7, 11) is 0. The predicted octanol–water partition coefficient (Wildman–Crippen LogP) is 5.31. The molecule has 0 saturated carbocycles. The lowest BCUT2D eigenvalue weighted by molar-refractivity contribution is 0.481. The second kappa shape index (κ2) is 6.58. The molecule has 2 nitrogen and oxygen atoms in total. The van der Waals surface area contributed by atoms with E-state index in [0.717, 1.165) is 15.8 Å². The van der Waals surface area contributed by atoms with Crippen LogP contribution in [-0.4, -0.2) is 4.99 Å². The first kappa shape index (κ1) is 16.0. The van der Waals surface area contributed by atoms with Crippen LogP contribution in [0.25, 0.3) is 0 Å². The highest BCUT2D eigenvalue weighted by atomic mass is 79.9. The molecule has 2 rings (SSSR count). The van der Waals surface area contributed by atoms with Gasteiger partial charge in [-0.25, -0.2) is 0 Å². The topological polar surface area (TPSA) is 35.2 Å². The van der Waals surface area contributed by atoms with Crippen molar-refractivity contribution in [2.24, 2.45) is 5.73 Å². The van der Waals surface area contributed by atoms with E-state index in [1.54, 1.807) is 0 Å². The van der Waals surface area contributed by atoms with Gasteiger partial charge in [-0.2, -0.15) is 0 Å². The minimum atomic E-state index is 0.321. The molecule has 0 aliphatic rings. The summed E-state index contributed by atoms with van der Waals surface area (Å²) in [4.78, 5) is 0.321. The summed E-state index contributed by atoms with van der Waals surface area (Å²) in [6.45, 7) is 6.46. The molecule has 0 fully saturated rings. The van der Waals surface area contributed by atoms with Crippen molar-refractivity contribution in [1.29, 1.82) is 0 Å². The highest BCUT2D eigenvalue weighted by Gasteiger charge is 2.10. The first-order valence-corrected chi connectivity index (χ1v) is 7.96. The fourth-order valence-corrected chi connectivity index (χ4v) is 2.79. The zero-order valence-corrected chi connectivity index (χ0v) is 14.7. The molecule has 110 valence electrons. The maximum atomic E-state index is 5.95. The van der Waals surface area contributed by atoms with Gasteiger partial charge in [0.25, 0.3) is 0 Å². The monoisotopic (exact) mass is 363 g/mol. The van der Waals surface area contributed by atoms with Crippen molar-refractivity contribution in [1.82, 2.24) is 0 Å². The number of benzene rings is 2. The van der Waals surface area contributed by atoms with Crippen molar-refractivity contribution < 1.29 is 4.74 Å². The molecule has 0 radical (unpaired) electrons. The second-order valence-corrected chi connectivity index (χ2v) is 6.64. The molecule has 2 N–H and O–H groups in total. The lowest BCUT2D eigenvalue weighted by atomic mass is 9.98. The summed E-state index contributed by atoms with van der Waals surface area (Å²) in [5, 5.41) is 0. The predicted molar refractivity (Wildman–Crippen MR) is 95.4 cm³/mol. The van der Waals surface area contributed by atoms with Crippen molar-refractivity contribution in [3.63, 3.8) is 0 Å². The van der Waals surface area contributed by atoms with Crippen LogP contribution in [-0.2, 0) is 0 Å². The van der Waals surface area contributed by atoms with Crippen LogP contribution >= 0.6 is 28.1 Å². The average molecular weight is 364 g/mol. The van der Waals surface area contributed by atoms with E-state index in [2.05, 4.69) is 42.8 Å². The maximum Gasteiger partial charge on any atom is 0.137 e. The van der Waals surface area contributed by atoms with Crippen LogP contribution < -0.4 is 10.5 Å². The molecular formula is C17H18BrNOS. The summed E-state index contributed by atoms with van der Waals surface area (Å²) in [5.74, 6) is 1.96. The van der Waals surface area contributed by atoms with E-state index in [1.165, 1.54) is 11.1 Å². The zero-order valence-electron chi connectivity index (χ0n) is 12.3. The Hall–Kier alpha value is -1.39. The summed E-state index contributed by atoms with van der Waals surface area (Å²) in [5.41, 5.74) is 9.03. The SMILES string of the molecule is Cc1cc(Oc2ccc(Br)cc2C(N)=S)ccc1C(C)C. The smallest absolute Gasteiger partial charge is 0.137 e. The van der Waals surface area contributed by atoms with Crippen LogP contribution in [0.2, 0.25) is 0 Å². The third-order valence-electron chi connectivity index (χ3n) is 3.30. The quantitative estimate of drug-likeness (QED) is 0.747. The molecule has 0 aliphatic heterocycles. The first-order valence-electron chi connectivity index (χ1n) is 6.76. The molecule has 0 saturated heterocycles. The van der Waals surface area contributed by atoms with Crippen molar-refractivity contribution in [2.75, 3.05) is 0 Å². The molecule has 0 heterocycles. The lowest BCUT2D eigenvalue weighted by Crippen LogP contribution is -2.10. The molecule has 0 unspecified atom stereocenters. The largest absolute Gasteiger partial charge is 0.457 e. The number of hydrogen-bond donors (Lipinski definition) is 1. The summed E-state index contributed by atoms with van der Waals surface area (Å²) in [6.07, 6.45) is 0. The number of thiocarbonyl (C=S) groups is 1. The van der Waals surface area contributed by atoms with Gasteiger partial charge in [-0.15, -0.1) is 0 Å². The Balaban J connectivity index is 2.35. The molecule has 0 bridgehead atoms. The van der Waals surface area contributed by atoms with Crippen molar-refractivity contribution in [3.8, 4) is 11.5 Å². The highest BCUT2D eigenvalue weighted by molar-refractivity contribution is 9.10. The van der Waals surface area contributed by atoms with Gasteiger partial charge in [0.15, 0.2) is 0 Å². The van der Waals surface area contributed by atoms with Gasteiger partial charge in [-0.1, -0.05) is 48.1 Å². The van der Waals surface area contributed by atoms with E-state index in [1.807, 2.05) is 30.3 Å². The van der Waals surface area contributed by atoms with E-state index in [0.29, 0.717) is 16.7 Å². The molecule has 0 spiro atoms. The maximum absolute atomic E-state index is 5.95. The Bertz CT molecular complexity index is 682. The van der Waals surface area contributed by atoms with Gasteiger partial charge in [0, 0.05) is 4.47 Å². The Morgan fingerprint density at radius 3 is 2.48 bits per heavy atom. The molecule has 2 aromatic rings. The van der Waals surface area contributed by atoms with Gasteiger partial charge < -0.3 is 10.5 Å². The molecule has 0 amide bonds. The van der Waals surface area contributed by atoms with Crippen LogP contribution in [0.4, 0.5) is 0 Å². The van der Waals surface area contributed by atoms with Crippen LogP contribution in [0, 0.1) is 6.92 Å². The molecule has 21 heavy (non-hydrogen) atoms. The molecular weight excluding hydrogens is 346 g/mol. The zero-order chi connectivity index (χ0) is 15.6. The summed E-state index contributed by atoms with van der Waals surface area (Å²) >= 11 is 8.50. The lowest BCUT2D eigenvalue weighted by Gasteiger charge is -2.14. The van der Waals surface area contributed by atoms with Gasteiger partial charge in [0.05, 0.1) is 5.56 Å². The molecule has 0 aliphatic carbocycles. The van der Waals surface area contributed by atoms with Crippen LogP contribution in [0.1, 0.15) is 36.5 Å². The van der Waals surface area contributed by atoms with Crippen molar-refractivity contribution in [3.05, 3.63) is 57.6 Å². The third-order valence-corrected chi connectivity index (χ3v) is 4.01. The van der Waals surface area contributed by atoms with Gasteiger partial charge in [-0.05, 0) is 54.3 Å². The van der Waals surface area contributed by atoms with Crippen molar-refractivity contribution >= 4 is 33.1 Å². The van der Waals surface area contributed by atoms with Gasteiger partial charge in [-0.3, -0.25) is 0 Å². The minimum Gasteiger partial charge on any atom is -0.457 e. The number of nitrogens with two attached hydrogens (primary N) is 1. The van der Waals surface area contributed by atoms with E-state index >= 15 is 0 Å². The fourth-order valence-electron chi connectivity index (χ4n) is 2.27. The molecule has 0 atom stereocenters. The van der Waals surface area contributed by atoms with Crippen LogP contribution in [0.5, 0.6) is 11.5 Å². The molecule has 2 aromatic carbocycles. The second-order valence-electron chi connectivity index (χ2n) is 5.28. The van der Waals surface area contributed by atoms with Gasteiger partial charge >= 0.3 is 0 Å². The molecule has 4 heteroatoms. The van der Waals surface area contributed by atoms with E-state index in [9.17, 15) is 0 Å². The Kier molecular flexibility index (Phi) is 5.01. The first-order chi connectivity index (χ1) is 9.88. The highest BCUT2D eigenvalue weighted by Crippen LogP contribution is 2.30. The standard InChI is InChI=1S/C17H18BrNOS/c1-10(2)14-6-5-13(8-11(14)3)20-16-7-4-12(18)9-15(16)17(19)21/h4-10H,1-3H3,(H2,19,21). The van der Waals surface area contributed by atoms with Crippen LogP contribution in [0.15, 0.2) is 40.9 Å². The summed E-state index contributed by atoms with van der Waals surface area (Å²) in [6, 6.07) is 11.8. The Morgan fingerprint density at radius 2 is 1.90 bits per heavy atom. The Morgan fingerprint density at radius 1 is 1.19 bits per heavy atom. The number of aryl methyl sites for hydroxylation is 1. The third kappa shape index (κ3) is 3.83. The molecule has 0 aromatic heterocycles. The van der Waals surface area contributed by atoms with Gasteiger partial charge in [0.2, 0.25) is 0 Å². The van der Waals surface area contributed by atoms with E-state index in [4.69, 9.17) is 22.7 Å². The Labute approximate surface area is 139 Å². The summed E-state index contributed by atoms with van der Waals surface area (Å²) < 4.78 is 6.87. The minimum absolute atomic E-state index is 0.321. The van der Waals surface area contributed by atoms with E-state index in [-0.39, 0.29) is 0 Å². The van der Waals surface area contributed by atoms with Crippen LogP contribution in [0.3, 0.4) is 0 Å². The van der Waals surface area contributed by atoms with E-state index < -0.39 is 0 Å². The fraction of sp³-hybridized carbons (Fsp3) is 0.235. The average Bonchev–Trinajstić information content (AvgIpc) is 2.40. The number of halogens is 1. The number of ether oxygens (including phenoxy) is 1. The van der Waals surface area contributed by atoms with Gasteiger partial charge in [0.1, 0.15) is 16.5 Å². The number of hydrogen-bond acceptors (Lipinski definition) is 2. The normalized spacial score (nSPS) is 10.7. The number of rotatable bonds is 4. The van der Waals surface area contributed by atoms with Crippen molar-refractivity contribution in [2.45, 2.75) is 26.7 Å².